The van der Waals surface area contributed by atoms with Crippen molar-refractivity contribution < 1.29 is 4.74 Å². The quantitative estimate of drug-likeness (QED) is 0.473. The number of hydrogen-bond acceptors (Lipinski definition) is 4. The zero-order valence-electron chi connectivity index (χ0n) is 10.2. The molecular formula is C13H15N3OS. The number of methoxy groups -OCH3 is 1. The van der Waals surface area contributed by atoms with Crippen LogP contribution < -0.4 is 10.1 Å². The maximum Gasteiger partial charge on any atom is 0.166 e. The Hall–Kier alpha value is -1.64. The van der Waals surface area contributed by atoms with E-state index in [2.05, 4.69) is 21.2 Å². The summed E-state index contributed by atoms with van der Waals surface area (Å²) in [6.07, 6.45) is 5.15. The number of aromatic amines is 1. The highest BCUT2D eigenvalue weighted by molar-refractivity contribution is 7.99. The molecule has 94 valence electrons. The van der Waals surface area contributed by atoms with Crippen LogP contribution in [0.15, 0.2) is 23.4 Å². The molecule has 1 aromatic heterocycles. The Morgan fingerprint density at radius 1 is 1.56 bits per heavy atom. The number of fused-ring (bicyclic) bond motifs is 1. The molecular weight excluding hydrogens is 246 g/mol. The van der Waals surface area contributed by atoms with Gasteiger partial charge in [0, 0.05) is 18.4 Å². The molecule has 0 spiro atoms. The second kappa shape index (κ2) is 6.34. The maximum atomic E-state index is 5.17. The first kappa shape index (κ1) is 12.8. The molecule has 0 bridgehead atoms. The first-order valence-corrected chi connectivity index (χ1v) is 6.63. The molecule has 18 heavy (non-hydrogen) atoms. The largest absolute Gasteiger partial charge is 0.497 e. The number of aromatic nitrogens is 2. The van der Waals surface area contributed by atoms with Gasteiger partial charge in [-0.25, -0.2) is 4.98 Å². The van der Waals surface area contributed by atoms with E-state index >= 15 is 0 Å². The fourth-order valence-corrected chi connectivity index (χ4v) is 2.33. The number of nitrogens with zero attached hydrogens (tertiary/aromatic N) is 1. The first-order chi connectivity index (χ1) is 8.83. The number of terminal acetylenes is 1. The van der Waals surface area contributed by atoms with Gasteiger partial charge in [0.1, 0.15) is 5.75 Å². The smallest absolute Gasteiger partial charge is 0.166 e. The Morgan fingerprint density at radius 3 is 3.22 bits per heavy atom. The van der Waals surface area contributed by atoms with Gasteiger partial charge in [-0.05, 0) is 12.1 Å². The molecule has 0 aliphatic carbocycles. The van der Waals surface area contributed by atoms with E-state index in [1.807, 2.05) is 18.2 Å². The lowest BCUT2D eigenvalue weighted by Crippen LogP contribution is -2.16. The summed E-state index contributed by atoms with van der Waals surface area (Å²) < 4.78 is 5.17. The van der Waals surface area contributed by atoms with Crippen LogP contribution in [0.2, 0.25) is 0 Å². The highest BCUT2D eigenvalue weighted by atomic mass is 32.2. The van der Waals surface area contributed by atoms with E-state index in [1.165, 1.54) is 0 Å². The molecule has 5 heteroatoms. The van der Waals surface area contributed by atoms with E-state index < -0.39 is 0 Å². The number of ether oxygens (including phenoxy) is 1. The van der Waals surface area contributed by atoms with Crippen molar-refractivity contribution in [2.75, 3.05) is 26.0 Å². The van der Waals surface area contributed by atoms with E-state index in [0.717, 1.165) is 34.2 Å². The van der Waals surface area contributed by atoms with Crippen molar-refractivity contribution in [1.29, 1.82) is 0 Å². The maximum absolute atomic E-state index is 5.17. The van der Waals surface area contributed by atoms with Crippen molar-refractivity contribution in [3.8, 4) is 18.1 Å². The van der Waals surface area contributed by atoms with Crippen molar-refractivity contribution in [3.63, 3.8) is 0 Å². The lowest BCUT2D eigenvalue weighted by atomic mass is 10.3. The van der Waals surface area contributed by atoms with Crippen molar-refractivity contribution in [2.45, 2.75) is 5.16 Å². The molecule has 0 saturated heterocycles. The average molecular weight is 261 g/mol. The molecule has 0 aliphatic rings. The van der Waals surface area contributed by atoms with E-state index in [4.69, 9.17) is 11.2 Å². The lowest BCUT2D eigenvalue weighted by Gasteiger charge is -1.98. The molecule has 0 aliphatic heterocycles. The second-order valence-corrected chi connectivity index (χ2v) is 4.74. The summed E-state index contributed by atoms with van der Waals surface area (Å²) in [5.74, 6) is 4.30. The van der Waals surface area contributed by atoms with E-state index in [1.54, 1.807) is 18.9 Å². The predicted molar refractivity (Wildman–Crippen MR) is 75.1 cm³/mol. The third kappa shape index (κ3) is 3.19. The normalized spacial score (nSPS) is 10.4. The van der Waals surface area contributed by atoms with Crippen LogP contribution in [0.5, 0.6) is 5.75 Å². The minimum atomic E-state index is 0.609. The summed E-state index contributed by atoms with van der Waals surface area (Å²) in [6, 6.07) is 5.81. The number of H-pyrrole nitrogens is 1. The first-order valence-electron chi connectivity index (χ1n) is 5.64. The van der Waals surface area contributed by atoms with Gasteiger partial charge >= 0.3 is 0 Å². The van der Waals surface area contributed by atoms with Crippen LogP contribution >= 0.6 is 11.8 Å². The van der Waals surface area contributed by atoms with E-state index in [9.17, 15) is 0 Å². The molecule has 2 rings (SSSR count). The van der Waals surface area contributed by atoms with Gasteiger partial charge in [-0.2, -0.15) is 0 Å². The molecule has 0 unspecified atom stereocenters. The molecule has 4 nitrogen and oxygen atoms in total. The molecule has 2 N–H and O–H groups in total. The Bertz CT molecular complexity index is 559. The average Bonchev–Trinajstić information content (AvgIpc) is 2.80. The molecule has 1 aromatic carbocycles. The summed E-state index contributed by atoms with van der Waals surface area (Å²) in [5, 5.41) is 4.06. The van der Waals surface area contributed by atoms with Crippen LogP contribution in [0.25, 0.3) is 11.0 Å². The topological polar surface area (TPSA) is 49.9 Å². The molecule has 2 aromatic rings. The molecule has 0 radical (unpaired) electrons. The number of benzene rings is 1. The van der Waals surface area contributed by atoms with Gasteiger partial charge in [0.25, 0.3) is 0 Å². The lowest BCUT2D eigenvalue weighted by molar-refractivity contribution is 0.415. The number of thioether (sulfide) groups is 1. The Morgan fingerprint density at radius 2 is 2.44 bits per heavy atom. The molecule has 0 atom stereocenters. The fraction of sp³-hybridized carbons (Fsp3) is 0.308. The van der Waals surface area contributed by atoms with Gasteiger partial charge < -0.3 is 15.0 Å². The standard InChI is InChI=1S/C13H15N3OS/c1-3-6-14-7-8-18-13-15-11-5-4-10(17-2)9-12(11)16-13/h1,4-5,9,14H,6-8H2,2H3,(H,15,16). The number of nitrogens with one attached hydrogen (secondary N) is 2. The third-order valence-electron chi connectivity index (χ3n) is 2.41. The molecule has 0 amide bonds. The Labute approximate surface area is 111 Å². The fourth-order valence-electron chi connectivity index (χ4n) is 1.54. The van der Waals surface area contributed by atoms with Gasteiger partial charge in [0.05, 0.1) is 24.7 Å². The highest BCUT2D eigenvalue weighted by Gasteiger charge is 2.04. The van der Waals surface area contributed by atoms with Gasteiger partial charge in [-0.3, -0.25) is 0 Å². The molecule has 0 saturated carbocycles. The summed E-state index contributed by atoms with van der Waals surface area (Å²) in [4.78, 5) is 7.75. The highest BCUT2D eigenvalue weighted by Crippen LogP contribution is 2.22. The minimum Gasteiger partial charge on any atom is -0.497 e. The Kier molecular flexibility index (Phi) is 4.51. The van der Waals surface area contributed by atoms with Crippen molar-refractivity contribution in [2.24, 2.45) is 0 Å². The van der Waals surface area contributed by atoms with Gasteiger partial charge in [0.2, 0.25) is 0 Å². The van der Waals surface area contributed by atoms with Crippen LogP contribution in [-0.2, 0) is 0 Å². The van der Waals surface area contributed by atoms with Gasteiger partial charge in [0.15, 0.2) is 5.16 Å². The van der Waals surface area contributed by atoms with Crippen molar-refractivity contribution in [3.05, 3.63) is 18.2 Å². The second-order valence-electron chi connectivity index (χ2n) is 3.65. The van der Waals surface area contributed by atoms with E-state index in [0.29, 0.717) is 6.54 Å². The summed E-state index contributed by atoms with van der Waals surface area (Å²) in [7, 11) is 1.66. The van der Waals surface area contributed by atoms with Gasteiger partial charge in [-0.15, -0.1) is 6.42 Å². The predicted octanol–water partition coefficient (Wildman–Crippen LogP) is 1.89. The molecule has 0 fully saturated rings. The van der Waals surface area contributed by atoms with Crippen LogP contribution in [0, 0.1) is 12.3 Å². The zero-order valence-corrected chi connectivity index (χ0v) is 11.0. The summed E-state index contributed by atoms with van der Waals surface area (Å²) >= 11 is 1.67. The third-order valence-corrected chi connectivity index (χ3v) is 3.29. The Balaban J connectivity index is 1.95. The van der Waals surface area contributed by atoms with Crippen LogP contribution in [0.4, 0.5) is 0 Å². The monoisotopic (exact) mass is 261 g/mol. The van der Waals surface area contributed by atoms with Crippen molar-refractivity contribution >= 4 is 22.8 Å². The minimum absolute atomic E-state index is 0.609. The zero-order chi connectivity index (χ0) is 12.8. The van der Waals surface area contributed by atoms with E-state index in [-0.39, 0.29) is 0 Å². The van der Waals surface area contributed by atoms with Gasteiger partial charge in [-0.1, -0.05) is 17.7 Å². The molecule has 1 heterocycles. The summed E-state index contributed by atoms with van der Waals surface area (Å²) in [5.41, 5.74) is 1.95. The number of hydrogen-bond donors (Lipinski definition) is 2. The SMILES string of the molecule is C#CCNCCSc1nc2ccc(OC)cc2[nH]1. The summed E-state index contributed by atoms with van der Waals surface area (Å²) in [6.45, 7) is 1.48. The van der Waals surface area contributed by atoms with Crippen LogP contribution in [-0.4, -0.2) is 35.9 Å². The van der Waals surface area contributed by atoms with Crippen LogP contribution in [0.1, 0.15) is 0 Å². The number of imidazole rings is 1. The number of rotatable bonds is 6. The van der Waals surface area contributed by atoms with Crippen molar-refractivity contribution in [1.82, 2.24) is 15.3 Å². The van der Waals surface area contributed by atoms with Crippen LogP contribution in [0.3, 0.4) is 0 Å².